The van der Waals surface area contributed by atoms with Crippen molar-refractivity contribution in [3.63, 3.8) is 0 Å². The summed E-state index contributed by atoms with van der Waals surface area (Å²) in [5, 5.41) is 11.2. The van der Waals surface area contributed by atoms with E-state index in [0.717, 1.165) is 30.5 Å². The molecule has 1 aliphatic heterocycles. The first-order chi connectivity index (χ1) is 13.5. The van der Waals surface area contributed by atoms with Gasteiger partial charge in [-0.1, -0.05) is 36.1 Å². The Balaban J connectivity index is 1.89. The summed E-state index contributed by atoms with van der Waals surface area (Å²) in [7, 11) is 0. The van der Waals surface area contributed by atoms with E-state index in [1.165, 1.54) is 17.0 Å². The summed E-state index contributed by atoms with van der Waals surface area (Å²) >= 11 is 6.54. The standard InChI is InChI=1S/C20H19N3O3S2/c1-3-21(4-2)15-9-11-16(12-10-15)22-19(24)18(28-20(22)27)13-14-7-5-6-8-17(14)23(25)26/h5-13H,3-4H2,1-2H3/b18-13+. The molecule has 8 heteroatoms. The molecule has 0 spiro atoms. The molecule has 1 saturated heterocycles. The normalized spacial score (nSPS) is 15.4. The summed E-state index contributed by atoms with van der Waals surface area (Å²) in [6.07, 6.45) is 1.53. The predicted octanol–water partition coefficient (Wildman–Crippen LogP) is 4.85. The largest absolute Gasteiger partial charge is 0.372 e. The van der Waals surface area contributed by atoms with Gasteiger partial charge in [-0.3, -0.25) is 19.8 Å². The van der Waals surface area contributed by atoms with Gasteiger partial charge in [0.1, 0.15) is 0 Å². The Morgan fingerprint density at radius 2 is 1.79 bits per heavy atom. The third-order valence-corrected chi connectivity index (χ3v) is 5.75. The zero-order valence-electron chi connectivity index (χ0n) is 15.5. The first-order valence-corrected chi connectivity index (χ1v) is 10.0. The van der Waals surface area contributed by atoms with Gasteiger partial charge in [-0.25, -0.2) is 0 Å². The van der Waals surface area contributed by atoms with Gasteiger partial charge in [-0.05, 0) is 50.3 Å². The highest BCUT2D eigenvalue weighted by atomic mass is 32.2. The Labute approximate surface area is 173 Å². The number of para-hydroxylation sites is 1. The Bertz CT molecular complexity index is 953. The van der Waals surface area contributed by atoms with Crippen molar-refractivity contribution >= 4 is 57.3 Å². The van der Waals surface area contributed by atoms with Gasteiger partial charge in [0, 0.05) is 24.8 Å². The number of nitro benzene ring substituents is 1. The maximum absolute atomic E-state index is 12.9. The highest BCUT2D eigenvalue weighted by Crippen LogP contribution is 2.37. The zero-order valence-corrected chi connectivity index (χ0v) is 17.1. The van der Waals surface area contributed by atoms with Crippen LogP contribution in [-0.2, 0) is 4.79 Å². The first kappa shape index (κ1) is 20.0. The van der Waals surface area contributed by atoms with Crippen LogP contribution in [0.4, 0.5) is 17.1 Å². The number of carbonyl (C=O) groups is 1. The number of thiocarbonyl (C=S) groups is 1. The number of thioether (sulfide) groups is 1. The molecule has 2 aromatic carbocycles. The number of amides is 1. The van der Waals surface area contributed by atoms with Crippen molar-refractivity contribution in [2.24, 2.45) is 0 Å². The average molecular weight is 414 g/mol. The molecule has 0 N–H and O–H groups in total. The number of rotatable bonds is 6. The molecule has 1 aliphatic rings. The van der Waals surface area contributed by atoms with Crippen LogP contribution < -0.4 is 9.80 Å². The Morgan fingerprint density at radius 1 is 1.14 bits per heavy atom. The van der Waals surface area contributed by atoms with E-state index in [-0.39, 0.29) is 11.6 Å². The van der Waals surface area contributed by atoms with Gasteiger partial charge in [-0.15, -0.1) is 0 Å². The Morgan fingerprint density at radius 3 is 2.39 bits per heavy atom. The van der Waals surface area contributed by atoms with Crippen LogP contribution >= 0.6 is 24.0 Å². The van der Waals surface area contributed by atoms with Crippen molar-refractivity contribution in [3.05, 3.63) is 69.1 Å². The van der Waals surface area contributed by atoms with E-state index in [4.69, 9.17) is 12.2 Å². The number of carbonyl (C=O) groups excluding carboxylic acids is 1. The molecule has 144 valence electrons. The Hall–Kier alpha value is -2.71. The monoisotopic (exact) mass is 413 g/mol. The van der Waals surface area contributed by atoms with Crippen molar-refractivity contribution in [1.29, 1.82) is 0 Å². The fourth-order valence-corrected chi connectivity index (χ4v) is 4.30. The molecule has 6 nitrogen and oxygen atoms in total. The van der Waals surface area contributed by atoms with Crippen LogP contribution in [0, 0.1) is 10.1 Å². The molecular weight excluding hydrogens is 394 g/mol. The molecule has 3 rings (SSSR count). The molecule has 1 fully saturated rings. The predicted molar refractivity (Wildman–Crippen MR) is 119 cm³/mol. The van der Waals surface area contributed by atoms with Crippen LogP contribution in [0.2, 0.25) is 0 Å². The topological polar surface area (TPSA) is 66.7 Å². The lowest BCUT2D eigenvalue weighted by atomic mass is 10.1. The molecule has 0 saturated carbocycles. The van der Waals surface area contributed by atoms with Crippen LogP contribution in [0.5, 0.6) is 0 Å². The molecule has 0 unspecified atom stereocenters. The van der Waals surface area contributed by atoms with Crippen LogP contribution in [0.25, 0.3) is 6.08 Å². The molecule has 2 aromatic rings. The highest BCUT2D eigenvalue weighted by Gasteiger charge is 2.33. The molecule has 0 bridgehead atoms. The van der Waals surface area contributed by atoms with Crippen LogP contribution in [-0.4, -0.2) is 28.2 Å². The van der Waals surface area contributed by atoms with E-state index in [0.29, 0.717) is 20.5 Å². The van der Waals surface area contributed by atoms with Gasteiger partial charge in [0.15, 0.2) is 4.32 Å². The van der Waals surface area contributed by atoms with Crippen LogP contribution in [0.3, 0.4) is 0 Å². The molecule has 0 aliphatic carbocycles. The van der Waals surface area contributed by atoms with Crippen LogP contribution in [0.1, 0.15) is 19.4 Å². The second-order valence-electron chi connectivity index (χ2n) is 6.02. The van der Waals surface area contributed by atoms with Gasteiger partial charge in [0.25, 0.3) is 11.6 Å². The number of hydrogen-bond acceptors (Lipinski definition) is 6. The van der Waals surface area contributed by atoms with Gasteiger partial charge in [0.05, 0.1) is 21.1 Å². The van der Waals surface area contributed by atoms with E-state index >= 15 is 0 Å². The first-order valence-electron chi connectivity index (χ1n) is 8.82. The fraction of sp³-hybridized carbons (Fsp3) is 0.200. The third kappa shape index (κ3) is 3.93. The minimum atomic E-state index is -0.460. The van der Waals surface area contributed by atoms with Crippen molar-refractivity contribution in [3.8, 4) is 0 Å². The van der Waals surface area contributed by atoms with Crippen molar-refractivity contribution in [2.45, 2.75) is 13.8 Å². The van der Waals surface area contributed by atoms with Gasteiger partial charge >= 0.3 is 0 Å². The third-order valence-electron chi connectivity index (χ3n) is 4.45. The maximum atomic E-state index is 12.9. The summed E-state index contributed by atoms with van der Waals surface area (Å²) in [4.78, 5) is 27.7. The van der Waals surface area contributed by atoms with Crippen molar-refractivity contribution < 1.29 is 9.72 Å². The summed E-state index contributed by atoms with van der Waals surface area (Å²) in [5.41, 5.74) is 2.10. The number of nitrogens with zero attached hydrogens (tertiary/aromatic N) is 3. The molecular formula is C20H19N3O3S2. The SMILES string of the molecule is CCN(CC)c1ccc(N2C(=O)/C(=C\c3ccccc3[N+](=O)[O-])SC2=S)cc1. The van der Waals surface area contributed by atoms with Crippen molar-refractivity contribution in [1.82, 2.24) is 0 Å². The molecule has 0 radical (unpaired) electrons. The maximum Gasteiger partial charge on any atom is 0.276 e. The summed E-state index contributed by atoms with van der Waals surface area (Å²) < 4.78 is 0.408. The van der Waals surface area contributed by atoms with Crippen LogP contribution in [0.15, 0.2) is 53.4 Å². The average Bonchev–Trinajstić information content (AvgIpc) is 2.97. The minimum Gasteiger partial charge on any atom is -0.372 e. The summed E-state index contributed by atoms with van der Waals surface area (Å²) in [6, 6.07) is 14.0. The van der Waals surface area contributed by atoms with E-state index in [2.05, 4.69) is 18.7 Å². The minimum absolute atomic E-state index is 0.0451. The quantitative estimate of drug-likeness (QED) is 0.292. The number of hydrogen-bond donors (Lipinski definition) is 0. The molecule has 0 atom stereocenters. The van der Waals surface area contributed by atoms with E-state index in [9.17, 15) is 14.9 Å². The second kappa shape index (κ2) is 8.53. The van der Waals surface area contributed by atoms with Gasteiger partial charge in [-0.2, -0.15) is 0 Å². The number of nitro groups is 1. The lowest BCUT2D eigenvalue weighted by Gasteiger charge is -2.22. The molecule has 28 heavy (non-hydrogen) atoms. The van der Waals surface area contributed by atoms with Gasteiger partial charge in [0.2, 0.25) is 0 Å². The Kier molecular flexibility index (Phi) is 6.11. The highest BCUT2D eigenvalue weighted by molar-refractivity contribution is 8.27. The van der Waals surface area contributed by atoms with E-state index < -0.39 is 4.92 Å². The lowest BCUT2D eigenvalue weighted by Crippen LogP contribution is -2.27. The number of anilines is 2. The number of benzene rings is 2. The summed E-state index contributed by atoms with van der Waals surface area (Å²) in [5.74, 6) is -0.274. The van der Waals surface area contributed by atoms with E-state index in [1.807, 2.05) is 24.3 Å². The zero-order chi connectivity index (χ0) is 20.3. The fourth-order valence-electron chi connectivity index (χ4n) is 3.01. The summed E-state index contributed by atoms with van der Waals surface area (Å²) in [6.45, 7) is 5.98. The van der Waals surface area contributed by atoms with Crippen molar-refractivity contribution in [2.75, 3.05) is 22.9 Å². The smallest absolute Gasteiger partial charge is 0.276 e. The van der Waals surface area contributed by atoms with Gasteiger partial charge < -0.3 is 4.90 Å². The van der Waals surface area contributed by atoms with E-state index in [1.54, 1.807) is 18.2 Å². The molecule has 1 amide bonds. The molecule has 1 heterocycles. The molecule has 0 aromatic heterocycles. The lowest BCUT2D eigenvalue weighted by molar-refractivity contribution is -0.385. The second-order valence-corrected chi connectivity index (χ2v) is 7.70.